The van der Waals surface area contributed by atoms with Gasteiger partial charge in [0.05, 0.1) is 24.0 Å². The van der Waals surface area contributed by atoms with Crippen LogP contribution in [0.4, 0.5) is 23.0 Å². The van der Waals surface area contributed by atoms with Crippen LogP contribution >= 0.6 is 0 Å². The molecule has 1 fully saturated rings. The van der Waals surface area contributed by atoms with Crippen LogP contribution in [0.2, 0.25) is 0 Å². The molecule has 0 spiro atoms. The second kappa shape index (κ2) is 9.75. The van der Waals surface area contributed by atoms with Gasteiger partial charge in [0.1, 0.15) is 5.39 Å². The number of benzene rings is 1. The zero-order chi connectivity index (χ0) is 28.2. The number of sulfone groups is 1. The number of nitrogens with zero attached hydrogens (tertiary/aromatic N) is 8. The summed E-state index contributed by atoms with van der Waals surface area (Å²) in [6.07, 6.45) is 4.15. The van der Waals surface area contributed by atoms with Crippen molar-refractivity contribution in [2.24, 2.45) is 0 Å². The maximum atomic E-state index is 13.2. The number of likely N-dealkylation sites (N-methyl/N-ethyl adjacent to an activating group) is 2. The van der Waals surface area contributed by atoms with E-state index in [0.717, 1.165) is 43.8 Å². The van der Waals surface area contributed by atoms with Gasteiger partial charge in [0.2, 0.25) is 5.95 Å². The van der Waals surface area contributed by atoms with Crippen molar-refractivity contribution in [1.82, 2.24) is 29.2 Å². The highest BCUT2D eigenvalue weighted by Crippen LogP contribution is 2.38. The first kappa shape index (κ1) is 26.0. The van der Waals surface area contributed by atoms with Gasteiger partial charge in [0, 0.05) is 51.4 Å². The van der Waals surface area contributed by atoms with Gasteiger partial charge in [-0.15, -0.1) is 6.58 Å². The molecule has 0 amide bonds. The number of fused-ring (bicyclic) bond motifs is 4. The Morgan fingerprint density at radius 2 is 1.93 bits per heavy atom. The lowest BCUT2D eigenvalue weighted by atomic mass is 10.0. The van der Waals surface area contributed by atoms with Gasteiger partial charge >= 0.3 is 0 Å². The maximum absolute atomic E-state index is 13.2. The van der Waals surface area contributed by atoms with E-state index in [1.54, 1.807) is 18.2 Å². The summed E-state index contributed by atoms with van der Waals surface area (Å²) < 4.78 is 27.3. The first-order chi connectivity index (χ1) is 19.1. The van der Waals surface area contributed by atoms with Crippen molar-refractivity contribution in [3.05, 3.63) is 65.6 Å². The standard InChI is InChI=1S/C27H31N9O3S/c1-5-11-35-26(37)20-15-28-27(31-25(20)36(35)23-7-6-8-24(30-23)40(4,38)39)29-18-9-10-21-22(14-18)34-13-12-32(2)16-19(34)17-33(21)3/h5-10,14-15,19H,1,11-13,16-17H2,2-4H3,(H,28,29,31)/t19-/m0/s1. The van der Waals surface area contributed by atoms with Crippen molar-refractivity contribution >= 4 is 43.9 Å². The summed E-state index contributed by atoms with van der Waals surface area (Å²) in [4.78, 5) is 33.8. The molecular weight excluding hydrogens is 530 g/mol. The molecule has 0 unspecified atom stereocenters. The molecule has 6 rings (SSSR count). The van der Waals surface area contributed by atoms with Crippen LogP contribution in [0.15, 0.2) is 65.1 Å². The minimum Gasteiger partial charge on any atom is -0.371 e. The van der Waals surface area contributed by atoms with E-state index in [9.17, 15) is 13.2 Å². The van der Waals surface area contributed by atoms with Crippen molar-refractivity contribution < 1.29 is 8.42 Å². The Morgan fingerprint density at radius 3 is 2.70 bits per heavy atom. The first-order valence-electron chi connectivity index (χ1n) is 13.0. The van der Waals surface area contributed by atoms with E-state index in [0.29, 0.717) is 17.6 Å². The number of piperazine rings is 1. The largest absolute Gasteiger partial charge is 0.371 e. The number of rotatable bonds is 6. The second-order valence-electron chi connectivity index (χ2n) is 10.3. The number of nitrogens with one attached hydrogen (secondary N) is 1. The van der Waals surface area contributed by atoms with E-state index in [4.69, 9.17) is 0 Å². The third-order valence-corrected chi connectivity index (χ3v) is 8.39. The average molecular weight is 562 g/mol. The van der Waals surface area contributed by atoms with Crippen LogP contribution in [0, 0.1) is 0 Å². The maximum Gasteiger partial charge on any atom is 0.278 e. The molecule has 1 N–H and O–H groups in total. The molecule has 208 valence electrons. The van der Waals surface area contributed by atoms with Crippen LogP contribution < -0.4 is 20.7 Å². The molecule has 1 atom stereocenters. The minimum absolute atomic E-state index is 0.0990. The molecular formula is C27H31N9O3S. The molecule has 13 heteroatoms. The normalized spacial score (nSPS) is 17.5. The molecule has 1 saturated heterocycles. The molecule has 0 radical (unpaired) electrons. The Kier molecular flexibility index (Phi) is 6.34. The number of aromatic nitrogens is 5. The van der Waals surface area contributed by atoms with E-state index < -0.39 is 9.84 Å². The predicted octanol–water partition coefficient (Wildman–Crippen LogP) is 1.88. The number of hydrogen-bond acceptors (Lipinski definition) is 10. The highest BCUT2D eigenvalue weighted by atomic mass is 32.2. The third-order valence-electron chi connectivity index (χ3n) is 7.41. The van der Waals surface area contributed by atoms with Gasteiger partial charge in [0.15, 0.2) is 26.3 Å². The lowest BCUT2D eigenvalue weighted by Gasteiger charge is -2.48. The smallest absolute Gasteiger partial charge is 0.278 e. The molecule has 40 heavy (non-hydrogen) atoms. The topological polar surface area (TPSA) is 121 Å². The molecule has 2 aliphatic heterocycles. The van der Waals surface area contributed by atoms with Crippen LogP contribution in [-0.2, 0) is 16.4 Å². The second-order valence-corrected chi connectivity index (χ2v) is 12.3. The van der Waals surface area contributed by atoms with Crippen LogP contribution in [0.25, 0.3) is 16.9 Å². The van der Waals surface area contributed by atoms with Crippen molar-refractivity contribution in [2.75, 3.05) is 61.6 Å². The number of hydrogen-bond donors (Lipinski definition) is 1. The molecule has 1 aromatic carbocycles. The average Bonchev–Trinajstić information content (AvgIpc) is 3.19. The lowest BCUT2D eigenvalue weighted by Crippen LogP contribution is -2.58. The minimum atomic E-state index is -3.56. The monoisotopic (exact) mass is 561 g/mol. The number of anilines is 4. The fourth-order valence-electron chi connectivity index (χ4n) is 5.52. The summed E-state index contributed by atoms with van der Waals surface area (Å²) in [7, 11) is 0.716. The van der Waals surface area contributed by atoms with E-state index in [2.05, 4.69) is 67.8 Å². The van der Waals surface area contributed by atoms with Gasteiger partial charge in [-0.05, 0) is 37.4 Å². The fraction of sp³-hybridized carbons (Fsp3) is 0.333. The lowest BCUT2D eigenvalue weighted by molar-refractivity contribution is 0.265. The zero-order valence-electron chi connectivity index (χ0n) is 22.6. The van der Waals surface area contributed by atoms with Crippen LogP contribution in [-0.4, -0.2) is 90.2 Å². The molecule has 5 heterocycles. The number of allylic oxidation sites excluding steroid dienone is 1. The summed E-state index contributed by atoms with van der Waals surface area (Å²) in [6, 6.07) is 11.3. The third kappa shape index (κ3) is 4.50. The Morgan fingerprint density at radius 1 is 1.10 bits per heavy atom. The Hall–Kier alpha value is -4.23. The molecule has 0 saturated carbocycles. The van der Waals surface area contributed by atoms with Crippen LogP contribution in [0.3, 0.4) is 0 Å². The van der Waals surface area contributed by atoms with Gasteiger partial charge in [-0.2, -0.15) is 4.98 Å². The summed E-state index contributed by atoms with van der Waals surface area (Å²) in [6.45, 7) is 7.87. The Bertz CT molecular complexity index is 1800. The van der Waals surface area contributed by atoms with Crippen molar-refractivity contribution in [1.29, 1.82) is 0 Å². The summed E-state index contributed by atoms with van der Waals surface area (Å²) >= 11 is 0. The van der Waals surface area contributed by atoms with Crippen molar-refractivity contribution in [3.8, 4) is 5.82 Å². The van der Waals surface area contributed by atoms with Gasteiger partial charge < -0.3 is 20.0 Å². The van der Waals surface area contributed by atoms with Gasteiger partial charge in [-0.1, -0.05) is 12.1 Å². The SMILES string of the molecule is C=CCn1c(=O)c2cnc(Nc3ccc4c(c3)N3CCN(C)C[C@H]3CN4C)nc2n1-c1cccc(S(C)(=O)=O)n1. The highest BCUT2D eigenvalue weighted by molar-refractivity contribution is 7.90. The van der Waals surface area contributed by atoms with Crippen LogP contribution in [0.1, 0.15) is 0 Å². The van der Waals surface area contributed by atoms with Gasteiger partial charge in [-0.3, -0.25) is 4.79 Å². The molecule has 12 nitrogen and oxygen atoms in total. The van der Waals surface area contributed by atoms with Gasteiger partial charge in [-0.25, -0.2) is 27.7 Å². The summed E-state index contributed by atoms with van der Waals surface area (Å²) in [5, 5.41) is 3.49. The first-order valence-corrected chi connectivity index (χ1v) is 14.9. The Balaban J connectivity index is 1.42. The molecule has 0 aliphatic carbocycles. The van der Waals surface area contributed by atoms with Gasteiger partial charge in [0.25, 0.3) is 5.56 Å². The van der Waals surface area contributed by atoms with Crippen molar-refractivity contribution in [3.63, 3.8) is 0 Å². The van der Waals surface area contributed by atoms with Crippen molar-refractivity contribution in [2.45, 2.75) is 17.6 Å². The zero-order valence-corrected chi connectivity index (χ0v) is 23.5. The van der Waals surface area contributed by atoms with Crippen LogP contribution in [0.5, 0.6) is 0 Å². The predicted molar refractivity (Wildman–Crippen MR) is 156 cm³/mol. The summed E-state index contributed by atoms with van der Waals surface area (Å²) in [5.74, 6) is 0.551. The number of pyridine rings is 1. The fourth-order valence-corrected chi connectivity index (χ4v) is 6.10. The highest BCUT2D eigenvalue weighted by Gasteiger charge is 2.33. The molecule has 3 aromatic heterocycles. The van der Waals surface area contributed by atoms with E-state index in [1.807, 2.05) is 6.07 Å². The quantitative estimate of drug-likeness (QED) is 0.349. The Labute approximate surface area is 232 Å². The van der Waals surface area contributed by atoms with E-state index in [-0.39, 0.29) is 28.3 Å². The molecule has 0 bridgehead atoms. The molecule has 2 aliphatic rings. The molecule has 4 aromatic rings. The summed E-state index contributed by atoms with van der Waals surface area (Å²) in [5.41, 5.74) is 3.14. The van der Waals surface area contributed by atoms with E-state index in [1.165, 1.54) is 27.3 Å². The van der Waals surface area contributed by atoms with E-state index >= 15 is 0 Å².